The summed E-state index contributed by atoms with van der Waals surface area (Å²) in [6.07, 6.45) is 3.95. The summed E-state index contributed by atoms with van der Waals surface area (Å²) in [5.74, 6) is -2.25. The number of carbonyl (C=O) groups excluding carboxylic acids is 2. The lowest BCUT2D eigenvalue weighted by Gasteiger charge is -2.46. The fourth-order valence-electron chi connectivity index (χ4n) is 4.91. The molecule has 3 aromatic heterocycles. The van der Waals surface area contributed by atoms with E-state index in [0.717, 1.165) is 0 Å². The number of aliphatic carboxylic acids is 1. The molecular formula is C23H23N5O5S2. The van der Waals surface area contributed by atoms with Crippen molar-refractivity contribution in [1.29, 1.82) is 0 Å². The van der Waals surface area contributed by atoms with Crippen molar-refractivity contribution in [3.8, 4) is 0 Å². The van der Waals surface area contributed by atoms with E-state index in [1.165, 1.54) is 34.2 Å². The number of hydrogen-bond acceptors (Lipinski definition) is 9. The minimum Gasteiger partial charge on any atom is -0.477 e. The van der Waals surface area contributed by atoms with Crippen molar-refractivity contribution in [3.05, 3.63) is 52.6 Å². The topological polar surface area (TPSA) is 151 Å². The predicted octanol–water partition coefficient (Wildman–Crippen LogP) is 1.73. The van der Waals surface area contributed by atoms with Gasteiger partial charge >= 0.3 is 5.97 Å². The normalized spacial score (nSPS) is 22.5. The number of aromatic nitrogens is 3. The van der Waals surface area contributed by atoms with E-state index >= 15 is 0 Å². The third kappa shape index (κ3) is 3.59. The number of pyridine rings is 1. The van der Waals surface area contributed by atoms with Gasteiger partial charge in [0.05, 0.1) is 22.9 Å². The van der Waals surface area contributed by atoms with Gasteiger partial charge in [0, 0.05) is 47.9 Å². The van der Waals surface area contributed by atoms with Crippen molar-refractivity contribution in [2.45, 2.75) is 31.1 Å². The molecule has 3 aromatic rings. The summed E-state index contributed by atoms with van der Waals surface area (Å²) >= 11 is 2.66. The summed E-state index contributed by atoms with van der Waals surface area (Å²) in [4.78, 5) is 49.3. The van der Waals surface area contributed by atoms with Crippen LogP contribution in [0.15, 0.2) is 41.6 Å². The minimum absolute atomic E-state index is 0.0711. The Morgan fingerprint density at radius 2 is 2.14 bits per heavy atom. The zero-order valence-electron chi connectivity index (χ0n) is 18.9. The molecule has 2 aliphatic rings. The molecule has 2 aliphatic heterocycles. The molecule has 182 valence electrons. The zero-order valence-corrected chi connectivity index (χ0v) is 20.5. The average Bonchev–Trinajstić information content (AvgIpc) is 3.46. The Labute approximate surface area is 208 Å². The van der Waals surface area contributed by atoms with Crippen LogP contribution in [0, 0.1) is 11.8 Å². The standard InChI is InChI=1S/C23H23N5O5S2/c1-10-14(18(22(32)33)28-17(10)15(11(2)29)20(28)31)13-9-27-21(35-13)16(26-23(27)34-7-5-24)19(30)12-4-3-6-25-8-12/h3-4,6,8-11,15,17,29H,5,7,24H2,1-2H3,(H,32,33)/t10-,11+,15+,17+/m0/s1. The molecule has 0 unspecified atom stereocenters. The lowest BCUT2D eigenvalue weighted by Crippen LogP contribution is -2.63. The number of carbonyl (C=O) groups is 3. The van der Waals surface area contributed by atoms with Crippen molar-refractivity contribution < 1.29 is 24.6 Å². The van der Waals surface area contributed by atoms with E-state index in [-0.39, 0.29) is 29.0 Å². The van der Waals surface area contributed by atoms with E-state index in [0.29, 0.717) is 38.3 Å². The maximum Gasteiger partial charge on any atom is 0.352 e. The first kappa shape index (κ1) is 23.7. The second-order valence-corrected chi connectivity index (χ2v) is 10.6. The van der Waals surface area contributed by atoms with Gasteiger partial charge in [0.15, 0.2) is 5.16 Å². The highest BCUT2D eigenvalue weighted by atomic mass is 32.2. The predicted molar refractivity (Wildman–Crippen MR) is 130 cm³/mol. The minimum atomic E-state index is -1.20. The van der Waals surface area contributed by atoms with E-state index in [9.17, 15) is 24.6 Å². The van der Waals surface area contributed by atoms with E-state index in [1.807, 2.05) is 6.92 Å². The number of rotatable bonds is 8. The van der Waals surface area contributed by atoms with Gasteiger partial charge in [-0.15, -0.1) is 11.3 Å². The average molecular weight is 514 g/mol. The van der Waals surface area contributed by atoms with Gasteiger partial charge in [-0.05, 0) is 19.1 Å². The zero-order chi connectivity index (χ0) is 25.0. The molecule has 1 saturated heterocycles. The molecule has 4 atom stereocenters. The molecule has 0 radical (unpaired) electrons. The van der Waals surface area contributed by atoms with Crippen LogP contribution in [0.25, 0.3) is 10.4 Å². The molecule has 10 nitrogen and oxygen atoms in total. The summed E-state index contributed by atoms with van der Waals surface area (Å²) in [6.45, 7) is 3.83. The molecule has 1 amide bonds. The number of aliphatic hydroxyl groups is 1. The number of aliphatic hydroxyl groups excluding tert-OH is 1. The van der Waals surface area contributed by atoms with Gasteiger partial charge in [-0.3, -0.25) is 19.0 Å². The van der Waals surface area contributed by atoms with Gasteiger partial charge < -0.3 is 20.8 Å². The number of amides is 1. The summed E-state index contributed by atoms with van der Waals surface area (Å²) < 4.78 is 1.78. The Kier molecular flexibility index (Phi) is 5.99. The van der Waals surface area contributed by atoms with Crippen molar-refractivity contribution in [3.63, 3.8) is 0 Å². The first-order valence-corrected chi connectivity index (χ1v) is 12.8. The lowest BCUT2D eigenvalue weighted by atomic mass is 9.77. The first-order chi connectivity index (χ1) is 16.8. The molecule has 12 heteroatoms. The van der Waals surface area contributed by atoms with E-state index in [2.05, 4.69) is 9.97 Å². The Hall–Kier alpha value is -3.06. The number of thiazole rings is 1. The largest absolute Gasteiger partial charge is 0.477 e. The number of imidazole rings is 1. The summed E-state index contributed by atoms with van der Waals surface area (Å²) in [6, 6.07) is 2.92. The third-order valence-corrected chi connectivity index (χ3v) is 8.53. The molecule has 1 fully saturated rings. The fraction of sp³-hybridized carbons (Fsp3) is 0.348. The number of ketones is 1. The van der Waals surface area contributed by atoms with E-state index in [4.69, 9.17) is 5.73 Å². The fourth-order valence-corrected chi connectivity index (χ4v) is 6.94. The maximum absolute atomic E-state index is 13.3. The quantitative estimate of drug-likeness (QED) is 0.232. The highest BCUT2D eigenvalue weighted by molar-refractivity contribution is 7.99. The smallest absolute Gasteiger partial charge is 0.352 e. The summed E-state index contributed by atoms with van der Waals surface area (Å²) in [7, 11) is 0. The Balaban J connectivity index is 1.65. The number of nitrogens with zero attached hydrogens (tertiary/aromatic N) is 4. The third-order valence-electron chi connectivity index (χ3n) is 6.42. The molecule has 5 rings (SSSR count). The van der Waals surface area contributed by atoms with Crippen LogP contribution < -0.4 is 5.73 Å². The number of thioether (sulfide) groups is 1. The van der Waals surface area contributed by atoms with Crippen LogP contribution in [0.5, 0.6) is 0 Å². The molecule has 0 aromatic carbocycles. The summed E-state index contributed by atoms with van der Waals surface area (Å²) in [5.41, 5.74) is 6.77. The van der Waals surface area contributed by atoms with Crippen LogP contribution in [-0.4, -0.2) is 71.6 Å². The second-order valence-electron chi connectivity index (χ2n) is 8.54. The maximum atomic E-state index is 13.3. The van der Waals surface area contributed by atoms with Gasteiger partial charge in [-0.1, -0.05) is 18.7 Å². The van der Waals surface area contributed by atoms with Crippen LogP contribution in [0.4, 0.5) is 0 Å². The number of nitrogens with two attached hydrogens (primary N) is 1. The number of hydrogen-bond donors (Lipinski definition) is 3. The monoisotopic (exact) mass is 513 g/mol. The number of carboxylic acid groups (broad SMARTS) is 1. The highest BCUT2D eigenvalue weighted by Gasteiger charge is 2.60. The molecule has 35 heavy (non-hydrogen) atoms. The van der Waals surface area contributed by atoms with Crippen molar-refractivity contribution in [2.24, 2.45) is 17.6 Å². The Bertz CT molecular complexity index is 1380. The van der Waals surface area contributed by atoms with Crippen molar-refractivity contribution >= 4 is 51.2 Å². The van der Waals surface area contributed by atoms with Crippen LogP contribution >= 0.6 is 23.1 Å². The number of fused-ring (bicyclic) bond motifs is 2. The van der Waals surface area contributed by atoms with Crippen LogP contribution in [-0.2, 0) is 9.59 Å². The van der Waals surface area contributed by atoms with Gasteiger partial charge in [0.25, 0.3) is 0 Å². The Morgan fingerprint density at radius 1 is 1.37 bits per heavy atom. The number of carboxylic acids is 1. The molecule has 4 N–H and O–H groups in total. The van der Waals surface area contributed by atoms with Crippen LogP contribution in [0.1, 0.15) is 34.8 Å². The number of β-lactam (4-membered cyclic amide) rings is 1. The molecule has 0 aliphatic carbocycles. The SMILES string of the molecule is C[C@@H](O)[C@H]1C(=O)N2C(C(=O)O)=C(c3cn4c(SCCN)nc(C(=O)c5cccnc5)c4s3)[C@H](C)[C@H]12. The summed E-state index contributed by atoms with van der Waals surface area (Å²) in [5, 5.41) is 20.7. The highest BCUT2D eigenvalue weighted by Crippen LogP contribution is 2.51. The van der Waals surface area contributed by atoms with Crippen LogP contribution in [0.2, 0.25) is 0 Å². The van der Waals surface area contributed by atoms with Crippen LogP contribution in [0.3, 0.4) is 0 Å². The van der Waals surface area contributed by atoms with Gasteiger partial charge in [0.2, 0.25) is 11.7 Å². The van der Waals surface area contributed by atoms with E-state index in [1.54, 1.807) is 35.9 Å². The first-order valence-electron chi connectivity index (χ1n) is 11.0. The van der Waals surface area contributed by atoms with E-state index < -0.39 is 24.0 Å². The lowest BCUT2D eigenvalue weighted by molar-refractivity contribution is -0.163. The molecule has 0 bridgehead atoms. The molecule has 5 heterocycles. The van der Waals surface area contributed by atoms with Gasteiger partial charge in [-0.2, -0.15) is 0 Å². The second kappa shape index (κ2) is 8.86. The van der Waals surface area contributed by atoms with Crippen molar-refractivity contribution in [1.82, 2.24) is 19.3 Å². The molecule has 0 saturated carbocycles. The van der Waals surface area contributed by atoms with Crippen molar-refractivity contribution in [2.75, 3.05) is 12.3 Å². The van der Waals surface area contributed by atoms with Gasteiger partial charge in [-0.25, -0.2) is 9.78 Å². The van der Waals surface area contributed by atoms with Gasteiger partial charge in [0.1, 0.15) is 16.2 Å². The Morgan fingerprint density at radius 3 is 2.77 bits per heavy atom. The molecule has 0 spiro atoms. The molecular weight excluding hydrogens is 490 g/mol.